The van der Waals surface area contributed by atoms with Gasteiger partial charge in [0.25, 0.3) is 0 Å². The van der Waals surface area contributed by atoms with Crippen LogP contribution in [0.4, 0.5) is 4.39 Å². The Hall–Kier alpha value is -2.31. The first-order valence-electron chi connectivity index (χ1n) is 9.37. The summed E-state index contributed by atoms with van der Waals surface area (Å²) in [5.41, 5.74) is 2.05. The van der Waals surface area contributed by atoms with E-state index in [4.69, 9.17) is 4.74 Å². The van der Waals surface area contributed by atoms with Crippen LogP contribution in [0.5, 0.6) is 0 Å². The standard InChI is InChI=1S/C21H26FN3O2/c1-16(17-4-6-19(22)7-5-17)13-21(26)24-15-20(18-3-2-8-23-14-18)25-9-11-27-12-10-25/h2-8,14,16,20H,9-13,15H2,1H3,(H,24,26). The summed E-state index contributed by atoms with van der Waals surface area (Å²) in [4.78, 5) is 19.0. The highest BCUT2D eigenvalue weighted by atomic mass is 19.1. The van der Waals surface area contributed by atoms with Crippen LogP contribution in [0.1, 0.15) is 36.4 Å². The van der Waals surface area contributed by atoms with Crippen LogP contribution in [0.25, 0.3) is 0 Å². The molecule has 27 heavy (non-hydrogen) atoms. The lowest BCUT2D eigenvalue weighted by molar-refractivity contribution is -0.121. The Morgan fingerprint density at radius 2 is 1.96 bits per heavy atom. The normalized spacial score (nSPS) is 17.3. The minimum absolute atomic E-state index is 0.00558. The van der Waals surface area contributed by atoms with Crippen LogP contribution in [-0.4, -0.2) is 48.6 Å². The van der Waals surface area contributed by atoms with Crippen LogP contribution in [0.15, 0.2) is 48.8 Å². The molecule has 1 fully saturated rings. The lowest BCUT2D eigenvalue weighted by Crippen LogP contribution is -2.44. The Labute approximate surface area is 159 Å². The Morgan fingerprint density at radius 3 is 2.63 bits per heavy atom. The molecule has 0 aliphatic carbocycles. The van der Waals surface area contributed by atoms with Gasteiger partial charge in [-0.3, -0.25) is 14.7 Å². The topological polar surface area (TPSA) is 54.5 Å². The van der Waals surface area contributed by atoms with Crippen molar-refractivity contribution in [1.82, 2.24) is 15.2 Å². The maximum atomic E-state index is 13.1. The fourth-order valence-corrected chi connectivity index (χ4v) is 3.39. The van der Waals surface area contributed by atoms with E-state index in [-0.39, 0.29) is 23.7 Å². The van der Waals surface area contributed by atoms with Gasteiger partial charge in [0.2, 0.25) is 5.91 Å². The van der Waals surface area contributed by atoms with Gasteiger partial charge in [-0.1, -0.05) is 25.1 Å². The molecule has 2 unspecified atom stereocenters. The summed E-state index contributed by atoms with van der Waals surface area (Å²) < 4.78 is 18.5. The third-order valence-electron chi connectivity index (χ3n) is 4.98. The number of rotatable bonds is 7. The van der Waals surface area contributed by atoms with Crippen molar-refractivity contribution >= 4 is 5.91 Å². The number of carbonyl (C=O) groups is 1. The highest BCUT2D eigenvalue weighted by molar-refractivity contribution is 5.76. The van der Waals surface area contributed by atoms with Crippen LogP contribution in [-0.2, 0) is 9.53 Å². The molecule has 1 aromatic heterocycles. The van der Waals surface area contributed by atoms with Crippen molar-refractivity contribution in [2.24, 2.45) is 0 Å². The molecule has 2 atom stereocenters. The summed E-state index contributed by atoms with van der Waals surface area (Å²) in [5, 5.41) is 3.07. The second-order valence-corrected chi connectivity index (χ2v) is 6.91. The van der Waals surface area contributed by atoms with Crippen LogP contribution < -0.4 is 5.32 Å². The predicted molar refractivity (Wildman–Crippen MR) is 102 cm³/mol. The molecule has 1 aliphatic heterocycles. The second kappa shape index (κ2) is 9.58. The average molecular weight is 371 g/mol. The molecular formula is C21H26FN3O2. The maximum absolute atomic E-state index is 13.1. The summed E-state index contributed by atoms with van der Waals surface area (Å²) in [6.07, 6.45) is 3.98. The number of carbonyl (C=O) groups excluding carboxylic acids is 1. The van der Waals surface area contributed by atoms with E-state index in [2.05, 4.69) is 15.2 Å². The highest BCUT2D eigenvalue weighted by Gasteiger charge is 2.23. The summed E-state index contributed by atoms with van der Waals surface area (Å²) in [6, 6.07) is 10.4. The van der Waals surface area contributed by atoms with E-state index in [0.29, 0.717) is 26.2 Å². The molecule has 0 saturated carbocycles. The van der Waals surface area contributed by atoms with Crippen molar-refractivity contribution in [3.05, 3.63) is 65.7 Å². The average Bonchev–Trinajstić information content (AvgIpc) is 2.70. The monoisotopic (exact) mass is 371 g/mol. The van der Waals surface area contributed by atoms with Crippen molar-refractivity contribution in [2.45, 2.75) is 25.3 Å². The number of aromatic nitrogens is 1. The first-order valence-corrected chi connectivity index (χ1v) is 9.37. The minimum Gasteiger partial charge on any atom is -0.379 e. The minimum atomic E-state index is -0.264. The van der Waals surface area contributed by atoms with Gasteiger partial charge < -0.3 is 10.1 Å². The molecule has 5 nitrogen and oxygen atoms in total. The molecule has 1 N–H and O–H groups in total. The number of benzene rings is 1. The van der Waals surface area contributed by atoms with Gasteiger partial charge >= 0.3 is 0 Å². The molecular weight excluding hydrogens is 345 g/mol. The zero-order chi connectivity index (χ0) is 19.1. The highest BCUT2D eigenvalue weighted by Crippen LogP contribution is 2.22. The predicted octanol–water partition coefficient (Wildman–Crippen LogP) is 2.90. The molecule has 2 aromatic rings. The third kappa shape index (κ3) is 5.58. The van der Waals surface area contributed by atoms with Gasteiger partial charge in [-0.05, 0) is 35.2 Å². The molecule has 1 aromatic carbocycles. The lowest BCUT2D eigenvalue weighted by atomic mass is 9.97. The molecule has 1 aliphatic rings. The van der Waals surface area contributed by atoms with Crippen LogP contribution in [0.3, 0.4) is 0 Å². The first kappa shape index (κ1) is 19.5. The SMILES string of the molecule is CC(CC(=O)NCC(c1cccnc1)N1CCOCC1)c1ccc(F)cc1. The lowest BCUT2D eigenvalue weighted by Gasteiger charge is -2.34. The molecule has 3 rings (SSSR count). The number of halogens is 1. The first-order chi connectivity index (χ1) is 13.1. The van der Waals surface area contributed by atoms with Crippen molar-refractivity contribution < 1.29 is 13.9 Å². The van der Waals surface area contributed by atoms with Gasteiger partial charge in [0.15, 0.2) is 0 Å². The van der Waals surface area contributed by atoms with E-state index < -0.39 is 0 Å². The number of nitrogens with zero attached hydrogens (tertiary/aromatic N) is 2. The number of amides is 1. The number of morpholine rings is 1. The van der Waals surface area contributed by atoms with Gasteiger partial charge in [0.05, 0.1) is 19.3 Å². The summed E-state index contributed by atoms with van der Waals surface area (Å²) in [6.45, 7) is 5.58. The Balaban J connectivity index is 1.59. The van der Waals surface area contributed by atoms with E-state index >= 15 is 0 Å². The molecule has 0 radical (unpaired) electrons. The van der Waals surface area contributed by atoms with Gasteiger partial charge in [0, 0.05) is 38.4 Å². The molecule has 1 saturated heterocycles. The number of hydrogen-bond donors (Lipinski definition) is 1. The van der Waals surface area contributed by atoms with Crippen LogP contribution >= 0.6 is 0 Å². The van der Waals surface area contributed by atoms with E-state index in [1.807, 2.05) is 25.3 Å². The number of ether oxygens (including phenoxy) is 1. The smallest absolute Gasteiger partial charge is 0.220 e. The molecule has 6 heteroatoms. The largest absolute Gasteiger partial charge is 0.379 e. The second-order valence-electron chi connectivity index (χ2n) is 6.91. The van der Waals surface area contributed by atoms with E-state index in [1.54, 1.807) is 18.3 Å². The van der Waals surface area contributed by atoms with Gasteiger partial charge in [-0.25, -0.2) is 4.39 Å². The molecule has 0 bridgehead atoms. The van der Waals surface area contributed by atoms with E-state index in [0.717, 1.165) is 24.2 Å². The van der Waals surface area contributed by atoms with Crippen molar-refractivity contribution in [1.29, 1.82) is 0 Å². The molecule has 0 spiro atoms. The Bertz CT molecular complexity index is 718. The Morgan fingerprint density at radius 1 is 1.22 bits per heavy atom. The van der Waals surface area contributed by atoms with Gasteiger partial charge in [-0.15, -0.1) is 0 Å². The number of nitrogens with one attached hydrogen (secondary N) is 1. The van der Waals surface area contributed by atoms with Crippen molar-refractivity contribution in [2.75, 3.05) is 32.8 Å². The summed E-state index contributed by atoms with van der Waals surface area (Å²) in [5.74, 6) is -0.236. The Kier molecular flexibility index (Phi) is 6.90. The summed E-state index contributed by atoms with van der Waals surface area (Å²) >= 11 is 0. The molecule has 144 valence electrons. The van der Waals surface area contributed by atoms with Crippen molar-refractivity contribution in [3.63, 3.8) is 0 Å². The maximum Gasteiger partial charge on any atom is 0.220 e. The molecule has 2 heterocycles. The zero-order valence-electron chi connectivity index (χ0n) is 15.6. The fraction of sp³-hybridized carbons (Fsp3) is 0.429. The third-order valence-corrected chi connectivity index (χ3v) is 4.98. The molecule has 1 amide bonds. The number of pyridine rings is 1. The quantitative estimate of drug-likeness (QED) is 0.813. The van der Waals surface area contributed by atoms with E-state index in [9.17, 15) is 9.18 Å². The van der Waals surface area contributed by atoms with Crippen LogP contribution in [0, 0.1) is 5.82 Å². The number of hydrogen-bond acceptors (Lipinski definition) is 4. The van der Waals surface area contributed by atoms with Gasteiger partial charge in [-0.2, -0.15) is 0 Å². The van der Waals surface area contributed by atoms with E-state index in [1.165, 1.54) is 12.1 Å². The van der Waals surface area contributed by atoms with Crippen molar-refractivity contribution in [3.8, 4) is 0 Å². The van der Waals surface area contributed by atoms with Gasteiger partial charge in [0.1, 0.15) is 5.82 Å². The zero-order valence-corrected chi connectivity index (χ0v) is 15.6. The fourth-order valence-electron chi connectivity index (χ4n) is 3.39. The van der Waals surface area contributed by atoms with Crippen LogP contribution in [0.2, 0.25) is 0 Å². The summed E-state index contributed by atoms with van der Waals surface area (Å²) in [7, 11) is 0.